The van der Waals surface area contributed by atoms with Crippen molar-refractivity contribution in [3.8, 4) is 5.75 Å². The van der Waals surface area contributed by atoms with Crippen molar-refractivity contribution in [1.29, 1.82) is 0 Å². The second-order valence-corrected chi connectivity index (χ2v) is 4.58. The third-order valence-corrected chi connectivity index (χ3v) is 2.91. The minimum Gasteiger partial charge on any atom is -0.455 e. The Morgan fingerprint density at radius 1 is 1.14 bits per heavy atom. The number of hydrogen-bond acceptors (Lipinski definition) is 3. The van der Waals surface area contributed by atoms with E-state index in [-0.39, 0.29) is 0 Å². The molecule has 2 aromatic rings. The quantitative estimate of drug-likeness (QED) is 0.718. The minimum atomic E-state index is -0.628. The average molecular weight is 297 g/mol. The molecule has 0 aliphatic heterocycles. The summed E-state index contributed by atoms with van der Waals surface area (Å²) in [5, 5.41) is 5.61. The first-order valence-electron chi connectivity index (χ1n) is 6.94. The molecule has 5 nitrogen and oxygen atoms in total. The maximum Gasteiger partial charge on any atom is 0.316 e. The minimum absolute atomic E-state index is 0.529. The van der Waals surface area contributed by atoms with Crippen molar-refractivity contribution in [1.82, 2.24) is 5.32 Å². The molecule has 0 heterocycles. The molecule has 0 atom stereocenters. The number of nitrogens with two attached hydrogens (primary N) is 1. The van der Waals surface area contributed by atoms with E-state index in [1.54, 1.807) is 18.2 Å². The van der Waals surface area contributed by atoms with Crippen molar-refractivity contribution in [3.63, 3.8) is 0 Å². The summed E-state index contributed by atoms with van der Waals surface area (Å²) < 4.78 is 5.99. The van der Waals surface area contributed by atoms with Gasteiger partial charge in [0.25, 0.3) is 0 Å². The number of hydrogen-bond donors (Lipinski definition) is 3. The Bertz CT molecular complexity index is 654. The Labute approximate surface area is 129 Å². The van der Waals surface area contributed by atoms with Crippen LogP contribution in [0, 0.1) is 0 Å². The number of carbonyl (C=O) groups is 1. The Balaban J connectivity index is 2.30. The number of nitrogens with one attached hydrogen (secondary N) is 2. The monoisotopic (exact) mass is 297 g/mol. The van der Waals surface area contributed by atoms with Gasteiger partial charge in [0.2, 0.25) is 0 Å². The fourth-order valence-electron chi connectivity index (χ4n) is 1.93. The van der Waals surface area contributed by atoms with Gasteiger partial charge in [-0.25, -0.2) is 4.79 Å². The molecule has 0 saturated heterocycles. The van der Waals surface area contributed by atoms with Crippen LogP contribution in [0.25, 0.3) is 5.76 Å². The van der Waals surface area contributed by atoms with Crippen molar-refractivity contribution < 1.29 is 9.53 Å². The van der Waals surface area contributed by atoms with E-state index in [4.69, 9.17) is 10.5 Å². The van der Waals surface area contributed by atoms with Gasteiger partial charge in [0.15, 0.2) is 5.75 Å². The highest BCUT2D eigenvalue weighted by atomic mass is 16.5. The lowest BCUT2D eigenvalue weighted by Gasteiger charge is -2.14. The molecule has 0 spiro atoms. The van der Waals surface area contributed by atoms with Gasteiger partial charge in [-0.1, -0.05) is 42.5 Å². The van der Waals surface area contributed by atoms with E-state index < -0.39 is 6.03 Å². The second kappa shape index (κ2) is 7.85. The number of anilines is 1. The van der Waals surface area contributed by atoms with Crippen molar-refractivity contribution >= 4 is 17.5 Å². The van der Waals surface area contributed by atoms with Gasteiger partial charge >= 0.3 is 6.03 Å². The van der Waals surface area contributed by atoms with E-state index in [1.165, 1.54) is 0 Å². The Hall–Kier alpha value is -2.79. The molecular formula is C17H19N3O2. The molecule has 0 aromatic heterocycles. The summed E-state index contributed by atoms with van der Waals surface area (Å²) >= 11 is 0. The molecule has 0 saturated carbocycles. The number of ether oxygens (including phenoxy) is 1. The maximum absolute atomic E-state index is 11.1. The molecule has 0 aliphatic carbocycles. The van der Waals surface area contributed by atoms with Crippen molar-refractivity contribution in [3.05, 3.63) is 66.2 Å². The largest absolute Gasteiger partial charge is 0.455 e. The summed E-state index contributed by atoms with van der Waals surface area (Å²) in [7, 11) is 1.86. The van der Waals surface area contributed by atoms with E-state index in [1.807, 2.05) is 49.5 Å². The van der Waals surface area contributed by atoms with E-state index in [9.17, 15) is 4.79 Å². The summed E-state index contributed by atoms with van der Waals surface area (Å²) in [5.41, 5.74) is 6.66. The van der Waals surface area contributed by atoms with Gasteiger partial charge in [0.1, 0.15) is 5.76 Å². The zero-order valence-corrected chi connectivity index (χ0v) is 12.4. The molecule has 5 heteroatoms. The van der Waals surface area contributed by atoms with Crippen LogP contribution in [-0.2, 0) is 0 Å². The molecule has 0 radical (unpaired) electrons. The highest BCUT2D eigenvalue weighted by Crippen LogP contribution is 2.28. The highest BCUT2D eigenvalue weighted by molar-refractivity contribution is 5.89. The number of benzene rings is 2. The number of rotatable bonds is 6. The predicted octanol–water partition coefficient (Wildman–Crippen LogP) is 2.82. The third-order valence-electron chi connectivity index (χ3n) is 2.91. The zero-order chi connectivity index (χ0) is 15.8. The second-order valence-electron chi connectivity index (χ2n) is 4.58. The molecule has 114 valence electrons. The smallest absolute Gasteiger partial charge is 0.316 e. The molecule has 22 heavy (non-hydrogen) atoms. The molecule has 2 amide bonds. The van der Waals surface area contributed by atoms with Crippen molar-refractivity contribution in [2.24, 2.45) is 5.73 Å². The number of urea groups is 1. The lowest BCUT2D eigenvalue weighted by atomic mass is 10.2. The summed E-state index contributed by atoms with van der Waals surface area (Å²) in [5.74, 6) is 1.24. The van der Waals surface area contributed by atoms with Crippen LogP contribution in [0.4, 0.5) is 10.5 Å². The van der Waals surface area contributed by atoms with E-state index in [0.29, 0.717) is 23.7 Å². The maximum atomic E-state index is 11.1. The Morgan fingerprint density at radius 2 is 1.82 bits per heavy atom. The predicted molar refractivity (Wildman–Crippen MR) is 88.6 cm³/mol. The first-order valence-corrected chi connectivity index (χ1v) is 6.94. The summed E-state index contributed by atoms with van der Waals surface area (Å²) in [6.07, 6.45) is 1.94. The van der Waals surface area contributed by atoms with Crippen molar-refractivity contribution in [2.45, 2.75) is 0 Å². The summed E-state index contributed by atoms with van der Waals surface area (Å²) in [6, 6.07) is 16.3. The molecular weight excluding hydrogens is 278 g/mol. The fourth-order valence-corrected chi connectivity index (χ4v) is 1.93. The topological polar surface area (TPSA) is 76.4 Å². The number of para-hydroxylation sites is 2. The van der Waals surface area contributed by atoms with Crippen LogP contribution in [0.2, 0.25) is 0 Å². The lowest BCUT2D eigenvalue weighted by molar-refractivity contribution is 0.259. The van der Waals surface area contributed by atoms with Crippen LogP contribution in [0.1, 0.15) is 5.56 Å². The zero-order valence-electron chi connectivity index (χ0n) is 12.4. The van der Waals surface area contributed by atoms with Crippen LogP contribution in [0.5, 0.6) is 5.75 Å². The fraction of sp³-hybridized carbons (Fsp3) is 0.118. The molecule has 2 rings (SSSR count). The Kier molecular flexibility index (Phi) is 5.57. The van der Waals surface area contributed by atoms with Crippen molar-refractivity contribution in [2.75, 3.05) is 18.9 Å². The van der Waals surface area contributed by atoms with E-state index >= 15 is 0 Å². The van der Waals surface area contributed by atoms with Gasteiger partial charge in [0.05, 0.1) is 5.69 Å². The van der Waals surface area contributed by atoms with E-state index in [0.717, 1.165) is 5.56 Å². The molecule has 0 bridgehead atoms. The van der Waals surface area contributed by atoms with Gasteiger partial charge < -0.3 is 21.1 Å². The summed E-state index contributed by atoms with van der Waals surface area (Å²) in [4.78, 5) is 11.1. The van der Waals surface area contributed by atoms with E-state index in [2.05, 4.69) is 10.6 Å². The molecule has 0 fully saturated rings. The molecule has 2 aromatic carbocycles. The molecule has 0 aliphatic rings. The normalized spacial score (nSPS) is 11.0. The third kappa shape index (κ3) is 4.36. The number of likely N-dealkylation sites (N-methyl/N-ethyl adjacent to an activating group) is 1. The number of carbonyl (C=O) groups excluding carboxylic acids is 1. The first kappa shape index (κ1) is 15.6. The first-order chi connectivity index (χ1) is 10.7. The SMILES string of the molecule is CNCC=C(Oc1ccccc1NC(N)=O)c1ccccc1. The van der Waals surface area contributed by atoms with Crippen LogP contribution in [0.15, 0.2) is 60.7 Å². The molecule has 4 N–H and O–H groups in total. The van der Waals surface area contributed by atoms with Crippen LogP contribution < -0.4 is 21.1 Å². The number of primary amides is 1. The van der Waals surface area contributed by atoms with Crippen LogP contribution in [-0.4, -0.2) is 19.6 Å². The van der Waals surface area contributed by atoms with Gasteiger partial charge in [-0.15, -0.1) is 0 Å². The average Bonchev–Trinajstić information content (AvgIpc) is 2.53. The van der Waals surface area contributed by atoms with Crippen LogP contribution >= 0.6 is 0 Å². The highest BCUT2D eigenvalue weighted by Gasteiger charge is 2.09. The van der Waals surface area contributed by atoms with Gasteiger partial charge in [-0.3, -0.25) is 0 Å². The lowest BCUT2D eigenvalue weighted by Crippen LogP contribution is -2.19. The Morgan fingerprint density at radius 3 is 2.50 bits per heavy atom. The standard InChI is InChI=1S/C17H19N3O2/c1-19-12-11-15(13-7-3-2-4-8-13)22-16-10-6-5-9-14(16)20-17(18)21/h2-11,19H,12H2,1H3,(H3,18,20,21). The van der Waals surface area contributed by atoms with Gasteiger partial charge in [-0.05, 0) is 25.3 Å². The number of amides is 2. The van der Waals surface area contributed by atoms with Gasteiger partial charge in [0, 0.05) is 12.1 Å². The molecule has 0 unspecified atom stereocenters. The van der Waals surface area contributed by atoms with Gasteiger partial charge in [-0.2, -0.15) is 0 Å². The summed E-state index contributed by atoms with van der Waals surface area (Å²) in [6.45, 7) is 0.662. The van der Waals surface area contributed by atoms with Crippen LogP contribution in [0.3, 0.4) is 0 Å².